The zero-order valence-electron chi connectivity index (χ0n) is 14.7. The predicted octanol–water partition coefficient (Wildman–Crippen LogP) is 3.03. The lowest BCUT2D eigenvalue weighted by Crippen LogP contribution is -2.48. The normalized spacial score (nSPS) is 15.6. The van der Waals surface area contributed by atoms with Crippen molar-refractivity contribution in [2.75, 3.05) is 26.2 Å². The molecule has 0 radical (unpaired) electrons. The monoisotopic (exact) mass is 407 g/mol. The summed E-state index contributed by atoms with van der Waals surface area (Å²) in [5.41, 5.74) is 2.20. The SMILES string of the molecule is Cc1cc(Br)c(O)c(C(=O)N2CCN(Cc3nc(C)c(C)o3)CC2)c1. The molecule has 1 aromatic carbocycles. The molecule has 1 aliphatic rings. The van der Waals surface area contributed by atoms with Gasteiger partial charge in [0.15, 0.2) is 0 Å². The highest BCUT2D eigenvalue weighted by Crippen LogP contribution is 2.30. The van der Waals surface area contributed by atoms with E-state index in [9.17, 15) is 9.90 Å². The van der Waals surface area contributed by atoms with E-state index in [1.165, 1.54) is 0 Å². The fraction of sp³-hybridized carbons (Fsp3) is 0.444. The average Bonchev–Trinajstić information content (AvgIpc) is 2.88. The number of halogens is 1. The van der Waals surface area contributed by atoms with Crippen LogP contribution in [0.1, 0.15) is 33.3 Å². The van der Waals surface area contributed by atoms with Crippen LogP contribution in [0.2, 0.25) is 0 Å². The Morgan fingerprint density at radius 1 is 1.24 bits per heavy atom. The molecule has 0 atom stereocenters. The standard InChI is InChI=1S/C18H22BrN3O3/c1-11-8-14(17(23)15(19)9-11)18(24)22-6-4-21(5-7-22)10-16-20-12(2)13(3)25-16/h8-9,23H,4-7,10H2,1-3H3. The highest BCUT2D eigenvalue weighted by Gasteiger charge is 2.25. The third kappa shape index (κ3) is 3.88. The molecule has 134 valence electrons. The Bertz CT molecular complexity index is 776. The van der Waals surface area contributed by atoms with E-state index in [1.54, 1.807) is 17.0 Å². The molecule has 6 nitrogen and oxygen atoms in total. The molecule has 0 unspecified atom stereocenters. The maximum Gasteiger partial charge on any atom is 0.257 e. The lowest BCUT2D eigenvalue weighted by atomic mass is 10.1. The first-order valence-electron chi connectivity index (χ1n) is 8.29. The number of rotatable bonds is 3. The minimum absolute atomic E-state index is 0.00349. The number of aromatic hydroxyl groups is 1. The highest BCUT2D eigenvalue weighted by molar-refractivity contribution is 9.10. The van der Waals surface area contributed by atoms with Crippen molar-refractivity contribution in [1.29, 1.82) is 0 Å². The van der Waals surface area contributed by atoms with Gasteiger partial charge in [0.1, 0.15) is 11.5 Å². The van der Waals surface area contributed by atoms with Gasteiger partial charge in [0.05, 0.1) is 22.3 Å². The second-order valence-corrected chi connectivity index (χ2v) is 7.31. The number of hydrogen-bond acceptors (Lipinski definition) is 5. The molecule has 3 rings (SSSR count). The van der Waals surface area contributed by atoms with Gasteiger partial charge in [-0.1, -0.05) is 0 Å². The molecule has 1 saturated heterocycles. The van der Waals surface area contributed by atoms with Crippen molar-refractivity contribution in [3.05, 3.63) is 45.1 Å². The molecule has 1 N–H and O–H groups in total. The largest absolute Gasteiger partial charge is 0.506 e. The number of aromatic nitrogens is 1. The van der Waals surface area contributed by atoms with Crippen LogP contribution in [0.5, 0.6) is 5.75 Å². The highest BCUT2D eigenvalue weighted by atomic mass is 79.9. The Hall–Kier alpha value is -1.86. The summed E-state index contributed by atoms with van der Waals surface area (Å²) >= 11 is 3.30. The number of benzene rings is 1. The summed E-state index contributed by atoms with van der Waals surface area (Å²) in [5, 5.41) is 10.2. The summed E-state index contributed by atoms with van der Waals surface area (Å²) in [6, 6.07) is 3.53. The van der Waals surface area contributed by atoms with Gasteiger partial charge in [-0.2, -0.15) is 0 Å². The number of aryl methyl sites for hydroxylation is 3. The molecule has 25 heavy (non-hydrogen) atoms. The van der Waals surface area contributed by atoms with E-state index in [0.717, 1.165) is 36.0 Å². The van der Waals surface area contributed by atoms with Gasteiger partial charge in [-0.3, -0.25) is 9.69 Å². The number of phenolic OH excluding ortho intramolecular Hbond substituents is 1. The third-order valence-electron chi connectivity index (χ3n) is 4.53. The summed E-state index contributed by atoms with van der Waals surface area (Å²) < 4.78 is 6.18. The van der Waals surface area contributed by atoms with Crippen molar-refractivity contribution in [1.82, 2.24) is 14.8 Å². The van der Waals surface area contributed by atoms with Gasteiger partial charge in [0.2, 0.25) is 5.89 Å². The molecule has 0 bridgehead atoms. The van der Waals surface area contributed by atoms with Crippen LogP contribution in [0.25, 0.3) is 0 Å². The van der Waals surface area contributed by atoms with Gasteiger partial charge < -0.3 is 14.4 Å². The van der Waals surface area contributed by atoms with Crippen molar-refractivity contribution in [2.45, 2.75) is 27.3 Å². The van der Waals surface area contributed by atoms with E-state index in [-0.39, 0.29) is 11.7 Å². The lowest BCUT2D eigenvalue weighted by Gasteiger charge is -2.34. The third-order valence-corrected chi connectivity index (χ3v) is 5.13. The molecular formula is C18H22BrN3O3. The number of oxazole rings is 1. The maximum absolute atomic E-state index is 12.7. The molecule has 0 aliphatic carbocycles. The van der Waals surface area contributed by atoms with Crippen LogP contribution in [0.15, 0.2) is 21.0 Å². The van der Waals surface area contributed by atoms with Crippen molar-refractivity contribution >= 4 is 21.8 Å². The molecule has 7 heteroatoms. The molecular weight excluding hydrogens is 386 g/mol. The molecule has 0 spiro atoms. The zero-order chi connectivity index (χ0) is 18.1. The number of phenols is 1. The van der Waals surface area contributed by atoms with Crippen LogP contribution in [0, 0.1) is 20.8 Å². The van der Waals surface area contributed by atoms with Gasteiger partial charge in [-0.25, -0.2) is 4.98 Å². The Morgan fingerprint density at radius 3 is 2.52 bits per heavy atom. The molecule has 1 amide bonds. The first-order valence-corrected chi connectivity index (χ1v) is 9.08. The van der Waals surface area contributed by atoms with Gasteiger partial charge in [-0.05, 0) is 54.4 Å². The number of piperazine rings is 1. The van der Waals surface area contributed by atoms with Crippen LogP contribution in [-0.2, 0) is 6.54 Å². The number of nitrogens with zero attached hydrogens (tertiary/aromatic N) is 3. The van der Waals surface area contributed by atoms with Gasteiger partial charge in [0, 0.05) is 26.2 Å². The molecule has 2 aromatic rings. The van der Waals surface area contributed by atoms with E-state index in [4.69, 9.17) is 4.42 Å². The number of carbonyl (C=O) groups excluding carboxylic acids is 1. The minimum Gasteiger partial charge on any atom is -0.506 e. The first kappa shape index (κ1) is 17.9. The van der Waals surface area contributed by atoms with Gasteiger partial charge in [-0.15, -0.1) is 0 Å². The topological polar surface area (TPSA) is 69.8 Å². The van der Waals surface area contributed by atoms with E-state index in [2.05, 4.69) is 25.8 Å². The Kier molecular flexibility index (Phi) is 5.15. The summed E-state index contributed by atoms with van der Waals surface area (Å²) in [7, 11) is 0. The van der Waals surface area contributed by atoms with E-state index < -0.39 is 0 Å². The Balaban J connectivity index is 1.63. The van der Waals surface area contributed by atoms with E-state index in [1.807, 2.05) is 20.8 Å². The van der Waals surface area contributed by atoms with Crippen LogP contribution in [0.4, 0.5) is 0 Å². The summed E-state index contributed by atoms with van der Waals surface area (Å²) in [4.78, 5) is 21.1. The second-order valence-electron chi connectivity index (χ2n) is 6.46. The van der Waals surface area contributed by atoms with Crippen LogP contribution in [-0.4, -0.2) is 52.0 Å². The quantitative estimate of drug-likeness (QED) is 0.846. The number of hydrogen-bond donors (Lipinski definition) is 1. The van der Waals surface area contributed by atoms with Crippen molar-refractivity contribution in [3.63, 3.8) is 0 Å². The number of carbonyl (C=O) groups is 1. The Labute approximate surface area is 155 Å². The fourth-order valence-corrected chi connectivity index (χ4v) is 3.55. The summed E-state index contributed by atoms with van der Waals surface area (Å²) in [6.45, 7) is 9.13. The van der Waals surface area contributed by atoms with Gasteiger partial charge in [0.25, 0.3) is 5.91 Å². The zero-order valence-corrected chi connectivity index (χ0v) is 16.3. The smallest absolute Gasteiger partial charge is 0.257 e. The minimum atomic E-state index is -0.135. The second kappa shape index (κ2) is 7.17. The molecule has 1 aliphatic heterocycles. The van der Waals surface area contributed by atoms with Crippen LogP contribution in [0.3, 0.4) is 0 Å². The average molecular weight is 408 g/mol. The summed E-state index contributed by atoms with van der Waals surface area (Å²) in [6.07, 6.45) is 0. The maximum atomic E-state index is 12.7. The van der Waals surface area contributed by atoms with Crippen molar-refractivity contribution < 1.29 is 14.3 Å². The summed E-state index contributed by atoms with van der Waals surface area (Å²) in [5.74, 6) is 1.44. The van der Waals surface area contributed by atoms with Crippen molar-refractivity contribution in [3.8, 4) is 5.75 Å². The first-order chi connectivity index (χ1) is 11.8. The predicted molar refractivity (Wildman–Crippen MR) is 97.7 cm³/mol. The van der Waals surface area contributed by atoms with E-state index in [0.29, 0.717) is 29.7 Å². The molecule has 1 aromatic heterocycles. The van der Waals surface area contributed by atoms with E-state index >= 15 is 0 Å². The Morgan fingerprint density at radius 2 is 1.92 bits per heavy atom. The molecule has 2 heterocycles. The van der Waals surface area contributed by atoms with Crippen molar-refractivity contribution in [2.24, 2.45) is 0 Å². The van der Waals surface area contributed by atoms with Crippen LogP contribution < -0.4 is 0 Å². The lowest BCUT2D eigenvalue weighted by molar-refractivity contribution is 0.0615. The number of amides is 1. The fourth-order valence-electron chi connectivity index (χ4n) is 2.98. The van der Waals surface area contributed by atoms with Crippen LogP contribution >= 0.6 is 15.9 Å². The molecule has 0 saturated carbocycles. The molecule has 1 fully saturated rings. The van der Waals surface area contributed by atoms with Gasteiger partial charge >= 0.3 is 0 Å².